The van der Waals surface area contributed by atoms with E-state index in [1.54, 1.807) is 6.07 Å². The van der Waals surface area contributed by atoms with E-state index in [-0.39, 0.29) is 5.91 Å². The first-order chi connectivity index (χ1) is 12.7. The van der Waals surface area contributed by atoms with Crippen LogP contribution in [0.4, 0.5) is 11.5 Å². The molecule has 1 aliphatic rings. The van der Waals surface area contributed by atoms with Gasteiger partial charge in [-0.2, -0.15) is 0 Å². The lowest BCUT2D eigenvalue weighted by Crippen LogP contribution is -2.39. The third-order valence-electron chi connectivity index (χ3n) is 4.71. The van der Waals surface area contributed by atoms with E-state index in [9.17, 15) is 4.79 Å². The molecule has 3 rings (SSSR count). The van der Waals surface area contributed by atoms with Gasteiger partial charge < -0.3 is 15.0 Å². The minimum absolute atomic E-state index is 0.290. The van der Waals surface area contributed by atoms with Crippen LogP contribution in [0.25, 0.3) is 0 Å². The van der Waals surface area contributed by atoms with Crippen molar-refractivity contribution in [1.82, 2.24) is 10.2 Å². The van der Waals surface area contributed by atoms with Crippen LogP contribution in [0.15, 0.2) is 36.4 Å². The second kappa shape index (κ2) is 8.65. The number of benzene rings is 1. The summed E-state index contributed by atoms with van der Waals surface area (Å²) in [4.78, 5) is 14.8. The van der Waals surface area contributed by atoms with Crippen molar-refractivity contribution in [1.29, 1.82) is 0 Å². The smallest absolute Gasteiger partial charge is 0.276 e. The minimum Gasteiger partial charge on any atom is -0.492 e. The topological polar surface area (TPSA) is 67.3 Å². The Hall–Kier alpha value is -2.63. The molecule has 1 saturated heterocycles. The Morgan fingerprint density at radius 2 is 2.04 bits per heavy atom. The molecule has 0 spiro atoms. The lowest BCUT2D eigenvalue weighted by molar-refractivity contribution is 0.102. The molecule has 0 radical (unpaired) electrons. The summed E-state index contributed by atoms with van der Waals surface area (Å²) in [6, 6.07) is 11.5. The third-order valence-corrected chi connectivity index (χ3v) is 4.71. The predicted molar refractivity (Wildman–Crippen MR) is 103 cm³/mol. The van der Waals surface area contributed by atoms with Crippen LogP contribution in [0.1, 0.15) is 50.0 Å². The standard InChI is InChI=1S/C20H26N4O2/c1-3-15-9-7-8-14-24(15)19-13-12-17(22-23-19)20(25)21-16-10-5-6-11-18(16)26-4-2/h5-6,10-13,15H,3-4,7-9,14H2,1-2H3,(H,21,25). The number of hydrogen-bond donors (Lipinski definition) is 1. The van der Waals surface area contributed by atoms with Crippen molar-refractivity contribution in [3.8, 4) is 5.75 Å². The van der Waals surface area contributed by atoms with Crippen molar-refractivity contribution >= 4 is 17.4 Å². The van der Waals surface area contributed by atoms with Gasteiger partial charge in [-0.05, 0) is 56.9 Å². The molecule has 2 aromatic rings. The predicted octanol–water partition coefficient (Wildman–Crippen LogP) is 3.90. The van der Waals surface area contributed by atoms with E-state index in [1.165, 1.54) is 19.3 Å². The number of piperidine rings is 1. The Kier molecular flexibility index (Phi) is 6.04. The second-order valence-corrected chi connectivity index (χ2v) is 6.41. The largest absolute Gasteiger partial charge is 0.492 e. The van der Waals surface area contributed by atoms with Gasteiger partial charge in [-0.15, -0.1) is 10.2 Å². The SMILES string of the molecule is CCOc1ccccc1NC(=O)c1ccc(N2CCCCC2CC)nn1. The summed E-state index contributed by atoms with van der Waals surface area (Å²) in [6.07, 6.45) is 4.73. The average Bonchev–Trinajstić information content (AvgIpc) is 2.69. The molecule has 0 saturated carbocycles. The maximum atomic E-state index is 12.5. The van der Waals surface area contributed by atoms with E-state index in [0.717, 1.165) is 18.8 Å². The molecule has 0 bridgehead atoms. The second-order valence-electron chi connectivity index (χ2n) is 6.41. The molecule has 1 N–H and O–H groups in total. The van der Waals surface area contributed by atoms with Gasteiger partial charge in [0.05, 0.1) is 12.3 Å². The van der Waals surface area contributed by atoms with Crippen LogP contribution in [0, 0.1) is 0 Å². The number of carbonyl (C=O) groups excluding carboxylic acids is 1. The zero-order chi connectivity index (χ0) is 18.4. The van der Waals surface area contributed by atoms with Crippen LogP contribution in [-0.4, -0.2) is 35.3 Å². The zero-order valence-electron chi connectivity index (χ0n) is 15.4. The number of anilines is 2. The third kappa shape index (κ3) is 4.12. The molecule has 1 aromatic carbocycles. The minimum atomic E-state index is -0.290. The molecular weight excluding hydrogens is 328 g/mol. The maximum absolute atomic E-state index is 12.5. The van der Waals surface area contributed by atoms with E-state index in [2.05, 4.69) is 27.3 Å². The highest BCUT2D eigenvalue weighted by molar-refractivity contribution is 6.03. The van der Waals surface area contributed by atoms with Crippen LogP contribution in [0.2, 0.25) is 0 Å². The molecule has 138 valence electrons. The molecule has 6 heteroatoms. The van der Waals surface area contributed by atoms with Gasteiger partial charge in [0, 0.05) is 12.6 Å². The van der Waals surface area contributed by atoms with Gasteiger partial charge >= 0.3 is 0 Å². The first-order valence-electron chi connectivity index (χ1n) is 9.36. The zero-order valence-corrected chi connectivity index (χ0v) is 15.4. The number of nitrogens with zero attached hydrogens (tertiary/aromatic N) is 3. The lowest BCUT2D eigenvalue weighted by atomic mass is 10.0. The molecule has 1 fully saturated rings. The fourth-order valence-electron chi connectivity index (χ4n) is 3.36. The fraction of sp³-hybridized carbons (Fsp3) is 0.450. The van der Waals surface area contributed by atoms with Gasteiger partial charge in [0.1, 0.15) is 5.75 Å². The summed E-state index contributed by atoms with van der Waals surface area (Å²) in [5, 5.41) is 11.3. The van der Waals surface area contributed by atoms with Crippen LogP contribution >= 0.6 is 0 Å². The normalized spacial score (nSPS) is 17.0. The van der Waals surface area contributed by atoms with Gasteiger partial charge in [0.15, 0.2) is 11.5 Å². The average molecular weight is 354 g/mol. The Morgan fingerprint density at radius 3 is 2.77 bits per heavy atom. The Labute approximate surface area is 154 Å². The summed E-state index contributed by atoms with van der Waals surface area (Å²) < 4.78 is 5.54. The molecule has 0 aliphatic carbocycles. The molecule has 2 heterocycles. The first-order valence-corrected chi connectivity index (χ1v) is 9.36. The number of aromatic nitrogens is 2. The quantitative estimate of drug-likeness (QED) is 0.852. The van der Waals surface area contributed by atoms with Crippen LogP contribution in [0.5, 0.6) is 5.75 Å². The van der Waals surface area contributed by atoms with E-state index in [0.29, 0.717) is 29.8 Å². The first kappa shape index (κ1) is 18.2. The molecule has 1 amide bonds. The number of hydrogen-bond acceptors (Lipinski definition) is 5. The Morgan fingerprint density at radius 1 is 1.19 bits per heavy atom. The number of nitrogens with one attached hydrogen (secondary N) is 1. The van der Waals surface area contributed by atoms with E-state index < -0.39 is 0 Å². The van der Waals surface area contributed by atoms with E-state index >= 15 is 0 Å². The van der Waals surface area contributed by atoms with Gasteiger partial charge in [-0.1, -0.05) is 19.1 Å². The van der Waals surface area contributed by atoms with Gasteiger partial charge in [0.25, 0.3) is 5.91 Å². The molecule has 1 aromatic heterocycles. The number of rotatable bonds is 6. The molecular formula is C20H26N4O2. The van der Waals surface area contributed by atoms with E-state index in [1.807, 2.05) is 37.3 Å². The van der Waals surface area contributed by atoms with Crippen LogP contribution in [0.3, 0.4) is 0 Å². The van der Waals surface area contributed by atoms with Gasteiger partial charge in [0.2, 0.25) is 0 Å². The molecule has 1 atom stereocenters. The van der Waals surface area contributed by atoms with Crippen molar-refractivity contribution in [2.24, 2.45) is 0 Å². The van der Waals surface area contributed by atoms with Crippen molar-refractivity contribution < 1.29 is 9.53 Å². The summed E-state index contributed by atoms with van der Waals surface area (Å²) in [5.74, 6) is 1.21. The number of carbonyl (C=O) groups is 1. The number of ether oxygens (including phenoxy) is 1. The molecule has 1 unspecified atom stereocenters. The summed E-state index contributed by atoms with van der Waals surface area (Å²) in [5.41, 5.74) is 0.928. The van der Waals surface area contributed by atoms with Crippen molar-refractivity contribution in [3.05, 3.63) is 42.1 Å². The van der Waals surface area contributed by atoms with Crippen molar-refractivity contribution in [2.45, 2.75) is 45.6 Å². The molecule has 26 heavy (non-hydrogen) atoms. The van der Waals surface area contributed by atoms with E-state index in [4.69, 9.17) is 4.74 Å². The van der Waals surface area contributed by atoms with Crippen LogP contribution < -0.4 is 15.0 Å². The summed E-state index contributed by atoms with van der Waals surface area (Å²) in [6.45, 7) is 5.65. The van der Waals surface area contributed by atoms with Crippen molar-refractivity contribution in [3.63, 3.8) is 0 Å². The highest BCUT2D eigenvalue weighted by atomic mass is 16.5. The fourth-order valence-corrected chi connectivity index (χ4v) is 3.36. The lowest BCUT2D eigenvalue weighted by Gasteiger charge is -2.35. The monoisotopic (exact) mass is 354 g/mol. The molecule has 1 aliphatic heterocycles. The highest BCUT2D eigenvalue weighted by Crippen LogP contribution is 2.26. The summed E-state index contributed by atoms with van der Waals surface area (Å²) >= 11 is 0. The Bertz CT molecular complexity index is 733. The Balaban J connectivity index is 1.71. The summed E-state index contributed by atoms with van der Waals surface area (Å²) in [7, 11) is 0. The number of para-hydroxylation sites is 2. The van der Waals surface area contributed by atoms with Gasteiger partial charge in [-0.3, -0.25) is 4.79 Å². The van der Waals surface area contributed by atoms with Crippen molar-refractivity contribution in [2.75, 3.05) is 23.4 Å². The maximum Gasteiger partial charge on any atom is 0.276 e. The molecule has 6 nitrogen and oxygen atoms in total. The van der Waals surface area contributed by atoms with Crippen LogP contribution in [-0.2, 0) is 0 Å². The van der Waals surface area contributed by atoms with Gasteiger partial charge in [-0.25, -0.2) is 0 Å². The highest BCUT2D eigenvalue weighted by Gasteiger charge is 2.22. The number of amides is 1.